The number of nitrogens with zero attached hydrogens (tertiary/aromatic N) is 5. The number of aliphatic imine (C=N–C) groups is 1. The maximum Gasteiger partial charge on any atom is 0.331 e. The number of hydrogen-bond donors (Lipinski definition) is 0. The van der Waals surface area contributed by atoms with Crippen molar-refractivity contribution in [2.45, 2.75) is 59.2 Å². The highest BCUT2D eigenvalue weighted by molar-refractivity contribution is 6.18. The van der Waals surface area contributed by atoms with Gasteiger partial charge in [0, 0.05) is 12.1 Å². The van der Waals surface area contributed by atoms with Gasteiger partial charge in [0.15, 0.2) is 5.84 Å². The summed E-state index contributed by atoms with van der Waals surface area (Å²) in [5, 5.41) is 0. The molecule has 0 saturated carbocycles. The van der Waals surface area contributed by atoms with Gasteiger partial charge in [-0.15, -0.1) is 0 Å². The molecule has 0 aromatic carbocycles. The Labute approximate surface area is 125 Å². The second-order valence-corrected chi connectivity index (χ2v) is 6.29. The molecule has 0 spiro atoms. The summed E-state index contributed by atoms with van der Waals surface area (Å²) in [5.74, 6) is 1.63. The number of carbonyl (C=O) groups excluding carboxylic acids is 1. The van der Waals surface area contributed by atoms with Crippen LogP contribution < -0.4 is 4.90 Å². The summed E-state index contributed by atoms with van der Waals surface area (Å²) >= 11 is 0. The van der Waals surface area contributed by atoms with Crippen LogP contribution in [0.3, 0.4) is 0 Å². The Balaban J connectivity index is 2.18. The van der Waals surface area contributed by atoms with E-state index in [9.17, 15) is 4.79 Å². The standard InChI is InChI=1S/C15H23N5O/c1-6-11-7-18-13(17-11)12-14(19(8-16-12)9(2)3)20(10(4)5)15(18)21/h8-11H,6-7H2,1-5H3/t11-/m0/s1. The molecule has 3 rings (SSSR count). The predicted molar refractivity (Wildman–Crippen MR) is 82.9 cm³/mol. The monoisotopic (exact) mass is 289 g/mol. The Bertz CT molecular complexity index is 601. The molecular formula is C15H23N5O. The molecule has 1 atom stereocenters. The summed E-state index contributed by atoms with van der Waals surface area (Å²) in [4.78, 5) is 25.8. The fourth-order valence-corrected chi connectivity index (χ4v) is 2.97. The molecule has 114 valence electrons. The summed E-state index contributed by atoms with van der Waals surface area (Å²) in [7, 11) is 0. The molecule has 0 fully saturated rings. The Hall–Kier alpha value is -1.85. The van der Waals surface area contributed by atoms with Crippen LogP contribution in [-0.4, -0.2) is 44.9 Å². The van der Waals surface area contributed by atoms with Gasteiger partial charge in [-0.2, -0.15) is 0 Å². The number of anilines is 1. The van der Waals surface area contributed by atoms with Crippen molar-refractivity contribution < 1.29 is 4.79 Å². The summed E-state index contributed by atoms with van der Waals surface area (Å²) < 4.78 is 2.06. The molecule has 2 aliphatic rings. The third-order valence-electron chi connectivity index (χ3n) is 4.14. The lowest BCUT2D eigenvalue weighted by Crippen LogP contribution is -2.53. The lowest BCUT2D eigenvalue weighted by atomic mass is 10.2. The van der Waals surface area contributed by atoms with Crippen molar-refractivity contribution in [2.24, 2.45) is 4.99 Å². The van der Waals surface area contributed by atoms with E-state index in [1.807, 2.05) is 25.1 Å². The van der Waals surface area contributed by atoms with Gasteiger partial charge in [0.2, 0.25) is 0 Å². The zero-order chi connectivity index (χ0) is 15.3. The molecule has 0 radical (unpaired) electrons. The Kier molecular flexibility index (Phi) is 3.26. The lowest BCUT2D eigenvalue weighted by Gasteiger charge is -2.36. The molecule has 0 saturated heterocycles. The highest BCUT2D eigenvalue weighted by Crippen LogP contribution is 2.34. The van der Waals surface area contributed by atoms with E-state index in [1.54, 1.807) is 4.90 Å². The van der Waals surface area contributed by atoms with Crippen molar-refractivity contribution in [3.05, 3.63) is 12.0 Å². The van der Waals surface area contributed by atoms with Crippen LogP contribution in [0.1, 0.15) is 52.8 Å². The van der Waals surface area contributed by atoms with Crippen molar-refractivity contribution in [2.75, 3.05) is 11.4 Å². The zero-order valence-electron chi connectivity index (χ0n) is 13.4. The minimum absolute atomic E-state index is 0.0228. The molecule has 3 heterocycles. The van der Waals surface area contributed by atoms with Gasteiger partial charge >= 0.3 is 6.03 Å². The van der Waals surface area contributed by atoms with E-state index in [-0.39, 0.29) is 24.2 Å². The molecule has 0 N–H and O–H groups in total. The van der Waals surface area contributed by atoms with Crippen LogP contribution in [-0.2, 0) is 0 Å². The van der Waals surface area contributed by atoms with Crippen molar-refractivity contribution in [1.82, 2.24) is 14.5 Å². The van der Waals surface area contributed by atoms with Gasteiger partial charge in [-0.25, -0.2) is 9.78 Å². The van der Waals surface area contributed by atoms with Crippen LogP contribution in [0.2, 0.25) is 0 Å². The minimum Gasteiger partial charge on any atom is -0.314 e. The van der Waals surface area contributed by atoms with Crippen LogP contribution in [0.4, 0.5) is 10.6 Å². The van der Waals surface area contributed by atoms with Gasteiger partial charge in [0.25, 0.3) is 0 Å². The van der Waals surface area contributed by atoms with Crippen LogP contribution in [0.25, 0.3) is 0 Å². The Morgan fingerprint density at radius 3 is 2.57 bits per heavy atom. The largest absolute Gasteiger partial charge is 0.331 e. The number of fused-ring (bicyclic) bond motifs is 3. The molecule has 0 bridgehead atoms. The smallest absolute Gasteiger partial charge is 0.314 e. The maximum absolute atomic E-state index is 12.9. The molecule has 2 amide bonds. The van der Waals surface area contributed by atoms with Gasteiger partial charge in [0.05, 0.1) is 18.9 Å². The molecular weight excluding hydrogens is 266 g/mol. The van der Waals surface area contributed by atoms with E-state index in [0.717, 1.165) is 23.8 Å². The summed E-state index contributed by atoms with van der Waals surface area (Å²) in [6.07, 6.45) is 2.76. The molecule has 0 unspecified atom stereocenters. The van der Waals surface area contributed by atoms with Gasteiger partial charge in [-0.3, -0.25) is 14.8 Å². The summed E-state index contributed by atoms with van der Waals surface area (Å²) in [5.41, 5.74) is 0.841. The number of amides is 2. The van der Waals surface area contributed by atoms with Gasteiger partial charge in [-0.1, -0.05) is 6.92 Å². The summed E-state index contributed by atoms with van der Waals surface area (Å²) in [6, 6.07) is 0.557. The Morgan fingerprint density at radius 2 is 2.00 bits per heavy atom. The van der Waals surface area contributed by atoms with Gasteiger partial charge in [0.1, 0.15) is 11.5 Å². The van der Waals surface area contributed by atoms with E-state index in [2.05, 4.69) is 30.3 Å². The molecule has 1 aromatic heterocycles. The number of hydrogen-bond acceptors (Lipinski definition) is 3. The number of rotatable bonds is 3. The highest BCUT2D eigenvalue weighted by Gasteiger charge is 2.43. The average molecular weight is 289 g/mol. The lowest BCUT2D eigenvalue weighted by molar-refractivity contribution is 0.224. The second kappa shape index (κ2) is 4.86. The quantitative estimate of drug-likeness (QED) is 0.859. The first-order valence-corrected chi connectivity index (χ1v) is 7.71. The van der Waals surface area contributed by atoms with E-state index in [4.69, 9.17) is 4.99 Å². The first-order valence-electron chi connectivity index (χ1n) is 7.71. The van der Waals surface area contributed by atoms with Crippen LogP contribution in [0.5, 0.6) is 0 Å². The molecule has 6 heteroatoms. The van der Waals surface area contributed by atoms with E-state index in [1.165, 1.54) is 0 Å². The van der Waals surface area contributed by atoms with Gasteiger partial charge < -0.3 is 4.57 Å². The Morgan fingerprint density at radius 1 is 1.29 bits per heavy atom. The SMILES string of the molecule is CC[C@H]1CN2C(=O)N(C(C)C)c3c(ncn3C(C)C)C2=N1. The van der Waals surface area contributed by atoms with Gasteiger partial charge in [-0.05, 0) is 34.1 Å². The molecule has 0 aliphatic carbocycles. The van der Waals surface area contributed by atoms with Crippen molar-refractivity contribution >= 4 is 17.7 Å². The fourth-order valence-electron chi connectivity index (χ4n) is 2.97. The van der Waals surface area contributed by atoms with Crippen LogP contribution >= 0.6 is 0 Å². The van der Waals surface area contributed by atoms with Crippen LogP contribution in [0, 0.1) is 0 Å². The molecule has 6 nitrogen and oxygen atoms in total. The van der Waals surface area contributed by atoms with Crippen molar-refractivity contribution in [3.8, 4) is 0 Å². The van der Waals surface area contributed by atoms with Crippen molar-refractivity contribution in [3.63, 3.8) is 0 Å². The molecule has 21 heavy (non-hydrogen) atoms. The fraction of sp³-hybridized carbons (Fsp3) is 0.667. The van der Waals surface area contributed by atoms with E-state index in [0.29, 0.717) is 6.54 Å². The highest BCUT2D eigenvalue weighted by atomic mass is 16.2. The molecule has 1 aromatic rings. The number of imidazole rings is 1. The second-order valence-electron chi connectivity index (χ2n) is 6.29. The average Bonchev–Trinajstić information content (AvgIpc) is 3.01. The number of amidine groups is 1. The van der Waals surface area contributed by atoms with E-state index < -0.39 is 0 Å². The topological polar surface area (TPSA) is 53.7 Å². The number of urea groups is 1. The number of carbonyl (C=O) groups is 1. The maximum atomic E-state index is 12.9. The van der Waals surface area contributed by atoms with Crippen LogP contribution in [0.15, 0.2) is 11.3 Å². The van der Waals surface area contributed by atoms with E-state index >= 15 is 0 Å². The third kappa shape index (κ3) is 1.96. The first kappa shape index (κ1) is 14.1. The minimum atomic E-state index is 0.0228. The molecule has 2 aliphatic heterocycles. The van der Waals surface area contributed by atoms with Crippen molar-refractivity contribution in [1.29, 1.82) is 0 Å². The summed E-state index contributed by atoms with van der Waals surface area (Å²) in [6.45, 7) is 11.0. The third-order valence-corrected chi connectivity index (χ3v) is 4.14. The predicted octanol–water partition coefficient (Wildman–Crippen LogP) is 2.65. The normalized spacial score (nSPS) is 21.2. The first-order chi connectivity index (χ1) is 9.95. The zero-order valence-corrected chi connectivity index (χ0v) is 13.4. The number of aromatic nitrogens is 2.